The molecule has 0 unspecified atom stereocenters. The van der Waals surface area contributed by atoms with Crippen LogP contribution in [-0.2, 0) is 17.1 Å². The Kier molecular flexibility index (Phi) is 5.12. The summed E-state index contributed by atoms with van der Waals surface area (Å²) < 4.78 is 58.3. The molecule has 3 aromatic rings. The van der Waals surface area contributed by atoms with Crippen LogP contribution >= 0.6 is 0 Å². The molecule has 3 rings (SSSR count). The highest BCUT2D eigenvalue weighted by atomic mass is 32.2. The summed E-state index contributed by atoms with van der Waals surface area (Å²) in [7, 11) is -3.05. The van der Waals surface area contributed by atoms with E-state index in [1.165, 1.54) is 9.36 Å². The number of hydrogen-bond donors (Lipinski definition) is 1. The predicted molar refractivity (Wildman–Crippen MR) is 102 cm³/mol. The minimum atomic E-state index is -4.67. The van der Waals surface area contributed by atoms with Gasteiger partial charge in [0, 0.05) is 7.05 Å². The molecule has 6 nitrogen and oxygen atoms in total. The summed E-state index contributed by atoms with van der Waals surface area (Å²) in [6.07, 6.45) is 0. The Morgan fingerprint density at radius 3 is 2.07 bits per heavy atom. The lowest BCUT2D eigenvalue weighted by atomic mass is 10.1. The van der Waals surface area contributed by atoms with Gasteiger partial charge in [0.25, 0.3) is 15.6 Å². The number of benzene rings is 2. The van der Waals surface area contributed by atoms with Gasteiger partial charge in [0.15, 0.2) is 4.90 Å². The third kappa shape index (κ3) is 3.33. The highest BCUT2D eigenvalue weighted by Crippen LogP contribution is 2.27. The summed E-state index contributed by atoms with van der Waals surface area (Å²) in [6, 6.07) is 11.4. The van der Waals surface area contributed by atoms with E-state index >= 15 is 0 Å². The Bertz CT molecular complexity index is 1160. The first-order valence-electron chi connectivity index (χ1n) is 8.49. The molecule has 1 N–H and O–H groups in total. The zero-order chi connectivity index (χ0) is 20.6. The average molecular weight is 407 g/mol. The highest BCUT2D eigenvalue weighted by molar-refractivity contribution is 7.92. The van der Waals surface area contributed by atoms with Crippen molar-refractivity contribution in [1.82, 2.24) is 9.36 Å². The molecule has 0 radical (unpaired) electrons. The third-order valence-electron chi connectivity index (χ3n) is 4.28. The van der Waals surface area contributed by atoms with Crippen LogP contribution in [0, 0.1) is 11.6 Å². The Balaban J connectivity index is 2.22. The van der Waals surface area contributed by atoms with Gasteiger partial charge >= 0.3 is 0 Å². The fourth-order valence-corrected chi connectivity index (χ4v) is 4.38. The molecule has 0 atom stereocenters. The van der Waals surface area contributed by atoms with E-state index in [0.717, 1.165) is 18.2 Å². The van der Waals surface area contributed by atoms with E-state index in [9.17, 15) is 22.0 Å². The van der Waals surface area contributed by atoms with Crippen LogP contribution in [0.1, 0.15) is 25.5 Å². The van der Waals surface area contributed by atoms with Crippen molar-refractivity contribution in [1.29, 1.82) is 0 Å². The molecular formula is C19H19F2N3O3S. The molecule has 0 spiro atoms. The Morgan fingerprint density at radius 2 is 1.54 bits per heavy atom. The smallest absolute Gasteiger partial charge is 0.283 e. The number of sulfonamides is 1. The quantitative estimate of drug-likeness (QED) is 0.705. The van der Waals surface area contributed by atoms with Crippen LogP contribution < -0.4 is 10.3 Å². The summed E-state index contributed by atoms with van der Waals surface area (Å²) in [5.41, 5.74) is 0.0234. The van der Waals surface area contributed by atoms with E-state index in [-0.39, 0.29) is 11.6 Å². The molecule has 0 saturated carbocycles. The van der Waals surface area contributed by atoms with Crippen molar-refractivity contribution in [2.45, 2.75) is 24.7 Å². The van der Waals surface area contributed by atoms with Crippen molar-refractivity contribution in [3.8, 4) is 5.69 Å². The van der Waals surface area contributed by atoms with E-state index in [4.69, 9.17) is 0 Å². The number of aromatic nitrogens is 2. The van der Waals surface area contributed by atoms with Crippen molar-refractivity contribution in [3.63, 3.8) is 0 Å². The van der Waals surface area contributed by atoms with E-state index in [2.05, 4.69) is 4.72 Å². The first kappa shape index (κ1) is 19.8. The molecule has 0 bridgehead atoms. The van der Waals surface area contributed by atoms with Crippen LogP contribution in [0.4, 0.5) is 14.5 Å². The second-order valence-electron chi connectivity index (χ2n) is 6.55. The Labute approximate surface area is 161 Å². The lowest BCUT2D eigenvalue weighted by Crippen LogP contribution is -2.24. The summed E-state index contributed by atoms with van der Waals surface area (Å²) in [4.78, 5) is 11.9. The normalized spacial score (nSPS) is 11.8. The van der Waals surface area contributed by atoms with E-state index in [0.29, 0.717) is 11.4 Å². The maximum absolute atomic E-state index is 14.0. The zero-order valence-electron chi connectivity index (χ0n) is 15.5. The fraction of sp³-hybridized carbons (Fsp3) is 0.211. The number of nitrogens with one attached hydrogen (secondary N) is 1. The molecule has 0 amide bonds. The lowest BCUT2D eigenvalue weighted by Gasteiger charge is -2.13. The molecule has 0 saturated heterocycles. The lowest BCUT2D eigenvalue weighted by molar-refractivity contribution is 0.521. The molecule has 2 aromatic carbocycles. The average Bonchev–Trinajstić information content (AvgIpc) is 2.85. The van der Waals surface area contributed by atoms with Crippen LogP contribution in [-0.4, -0.2) is 17.8 Å². The van der Waals surface area contributed by atoms with Gasteiger partial charge in [-0.05, 0) is 30.2 Å². The number of para-hydroxylation sites is 1. The molecular weight excluding hydrogens is 388 g/mol. The van der Waals surface area contributed by atoms with E-state index in [1.54, 1.807) is 51.2 Å². The second-order valence-corrected chi connectivity index (χ2v) is 8.17. The Morgan fingerprint density at radius 1 is 0.964 bits per heavy atom. The third-order valence-corrected chi connectivity index (χ3v) is 5.68. The number of anilines is 1. The zero-order valence-corrected chi connectivity index (χ0v) is 16.3. The minimum absolute atomic E-state index is 0.245. The van der Waals surface area contributed by atoms with Gasteiger partial charge in [-0.15, -0.1) is 0 Å². The first-order valence-corrected chi connectivity index (χ1v) is 9.97. The van der Waals surface area contributed by atoms with Crippen molar-refractivity contribution < 1.29 is 17.2 Å². The molecule has 1 heterocycles. The number of rotatable bonds is 5. The van der Waals surface area contributed by atoms with Gasteiger partial charge in [-0.1, -0.05) is 38.1 Å². The van der Waals surface area contributed by atoms with Gasteiger partial charge in [-0.2, -0.15) is 0 Å². The van der Waals surface area contributed by atoms with Gasteiger partial charge in [0.1, 0.15) is 17.3 Å². The largest absolute Gasteiger partial charge is 0.296 e. The van der Waals surface area contributed by atoms with Crippen LogP contribution in [0.15, 0.2) is 58.2 Å². The van der Waals surface area contributed by atoms with Gasteiger partial charge in [-0.3, -0.25) is 14.2 Å². The molecule has 9 heteroatoms. The van der Waals surface area contributed by atoms with Gasteiger partial charge in [-0.25, -0.2) is 21.9 Å². The van der Waals surface area contributed by atoms with E-state index < -0.39 is 32.1 Å². The summed E-state index contributed by atoms with van der Waals surface area (Å²) >= 11 is 0. The predicted octanol–water partition coefficient (Wildman–Crippen LogP) is 3.38. The monoisotopic (exact) mass is 407 g/mol. The second kappa shape index (κ2) is 7.23. The molecule has 0 aliphatic rings. The number of hydrogen-bond acceptors (Lipinski definition) is 3. The highest BCUT2D eigenvalue weighted by Gasteiger charge is 2.29. The topological polar surface area (TPSA) is 73.1 Å². The van der Waals surface area contributed by atoms with Crippen LogP contribution in [0.25, 0.3) is 5.69 Å². The van der Waals surface area contributed by atoms with Crippen LogP contribution in [0.3, 0.4) is 0 Å². The standard InChI is InChI=1S/C19H19F2N3O3S/c1-12(2)17-16(19(25)24(23(17)3)13-8-5-4-6-9-13)22-28(26,27)18-14(20)10-7-11-15(18)21/h4-12,22H,1-3H3. The maximum Gasteiger partial charge on any atom is 0.296 e. The van der Waals surface area contributed by atoms with Crippen molar-refractivity contribution in [3.05, 3.63) is 76.2 Å². The molecule has 0 aliphatic carbocycles. The number of nitrogens with zero attached hydrogens (tertiary/aromatic N) is 2. The van der Waals surface area contributed by atoms with Gasteiger partial charge in [0.2, 0.25) is 0 Å². The maximum atomic E-state index is 14.0. The minimum Gasteiger partial charge on any atom is -0.283 e. The number of halogens is 2. The SMILES string of the molecule is CC(C)c1c(NS(=O)(=O)c2c(F)cccc2F)c(=O)n(-c2ccccc2)n1C. The molecule has 0 fully saturated rings. The van der Waals surface area contributed by atoms with Crippen molar-refractivity contribution >= 4 is 15.7 Å². The van der Waals surface area contributed by atoms with E-state index in [1.807, 2.05) is 0 Å². The summed E-state index contributed by atoms with van der Waals surface area (Å²) in [5.74, 6) is -2.72. The molecule has 1 aromatic heterocycles. The van der Waals surface area contributed by atoms with Crippen molar-refractivity contribution in [2.24, 2.45) is 7.05 Å². The van der Waals surface area contributed by atoms with Crippen LogP contribution in [0.5, 0.6) is 0 Å². The Hall–Kier alpha value is -2.94. The molecule has 0 aliphatic heterocycles. The molecule has 28 heavy (non-hydrogen) atoms. The van der Waals surface area contributed by atoms with Gasteiger partial charge in [0.05, 0.1) is 11.4 Å². The van der Waals surface area contributed by atoms with Crippen molar-refractivity contribution in [2.75, 3.05) is 4.72 Å². The van der Waals surface area contributed by atoms with Crippen LogP contribution in [0.2, 0.25) is 0 Å². The summed E-state index contributed by atoms with van der Waals surface area (Å²) in [6.45, 7) is 3.57. The first-order chi connectivity index (χ1) is 13.1. The fourth-order valence-electron chi connectivity index (χ4n) is 3.16. The molecule has 148 valence electrons. The van der Waals surface area contributed by atoms with Gasteiger partial charge < -0.3 is 0 Å². The summed E-state index contributed by atoms with van der Waals surface area (Å²) in [5, 5.41) is 0.